The number of carbonyl (C=O) groups is 1. The van der Waals surface area contributed by atoms with Crippen LogP contribution < -0.4 is 5.32 Å². The molecule has 0 saturated carbocycles. The Morgan fingerprint density at radius 1 is 1.45 bits per heavy atom. The number of nitrogens with one attached hydrogen (secondary N) is 1. The van der Waals surface area contributed by atoms with Gasteiger partial charge in [-0.1, -0.05) is 38.4 Å². The minimum Gasteiger partial charge on any atom is -0.480 e. The van der Waals surface area contributed by atoms with Crippen LogP contribution in [-0.4, -0.2) is 23.2 Å². The van der Waals surface area contributed by atoms with Crippen LogP contribution in [0, 0.1) is 22.6 Å². The van der Waals surface area contributed by atoms with Crippen molar-refractivity contribution < 1.29 is 14.3 Å². The topological polar surface area (TPSA) is 73.1 Å². The van der Waals surface area contributed by atoms with Crippen LogP contribution in [-0.2, 0) is 10.2 Å². The first kappa shape index (κ1) is 22.2. The lowest BCUT2D eigenvalue weighted by Crippen LogP contribution is -2.44. The van der Waals surface area contributed by atoms with Gasteiger partial charge in [-0.3, -0.25) is 10.1 Å². The summed E-state index contributed by atoms with van der Waals surface area (Å²) < 4.78 is 15.9. The number of rotatable bonds is 4. The summed E-state index contributed by atoms with van der Waals surface area (Å²) in [5.41, 5.74) is -1.45. The van der Waals surface area contributed by atoms with Gasteiger partial charge in [-0.2, -0.15) is 5.26 Å². The zero-order valence-electron chi connectivity index (χ0n) is 16.2. The molecule has 3 rings (SSSR count). The second kappa shape index (κ2) is 7.99. The number of carboxylic acid groups (broad SMARTS) is 1. The highest BCUT2D eigenvalue weighted by Gasteiger charge is 2.61. The average Bonchev–Trinajstić information content (AvgIpc) is 3.15. The number of hydrogen-bond acceptors (Lipinski definition) is 4. The fourth-order valence-electron chi connectivity index (χ4n) is 4.24. The second-order valence-corrected chi connectivity index (χ2v) is 10.8. The number of carboxylic acids is 1. The van der Waals surface area contributed by atoms with Gasteiger partial charge in [-0.15, -0.1) is 11.3 Å². The van der Waals surface area contributed by atoms with E-state index in [9.17, 15) is 15.2 Å². The smallest absolute Gasteiger partial charge is 0.321 e. The first-order valence-corrected chi connectivity index (χ1v) is 11.1. The van der Waals surface area contributed by atoms with Crippen molar-refractivity contribution in [2.24, 2.45) is 5.41 Å². The zero-order chi connectivity index (χ0) is 21.6. The molecule has 2 aromatic rings. The highest BCUT2D eigenvalue weighted by Crippen LogP contribution is 2.53. The predicted molar refractivity (Wildman–Crippen MR) is 116 cm³/mol. The molecule has 1 aromatic heterocycles. The molecule has 1 fully saturated rings. The van der Waals surface area contributed by atoms with E-state index in [4.69, 9.17) is 11.6 Å². The van der Waals surface area contributed by atoms with Crippen LogP contribution in [0.3, 0.4) is 0 Å². The Morgan fingerprint density at radius 3 is 2.62 bits per heavy atom. The second-order valence-electron chi connectivity index (χ2n) is 8.55. The molecule has 1 saturated heterocycles. The number of hydrogen-bond donors (Lipinski definition) is 2. The van der Waals surface area contributed by atoms with E-state index in [1.165, 1.54) is 23.5 Å². The highest BCUT2D eigenvalue weighted by molar-refractivity contribution is 9.10. The van der Waals surface area contributed by atoms with Gasteiger partial charge in [-0.25, -0.2) is 4.39 Å². The van der Waals surface area contributed by atoms with Crippen molar-refractivity contribution in [3.63, 3.8) is 0 Å². The molecule has 0 unspecified atom stereocenters. The summed E-state index contributed by atoms with van der Waals surface area (Å²) in [5.74, 6) is -2.43. The maximum Gasteiger partial charge on any atom is 0.321 e. The normalized spacial score (nSPS) is 27.0. The van der Waals surface area contributed by atoms with Crippen LogP contribution in [0.15, 0.2) is 34.1 Å². The zero-order valence-corrected chi connectivity index (χ0v) is 19.3. The first-order valence-electron chi connectivity index (χ1n) is 9.09. The van der Waals surface area contributed by atoms with Crippen molar-refractivity contribution >= 4 is 44.8 Å². The minimum absolute atomic E-state index is 0.171. The van der Waals surface area contributed by atoms with Crippen molar-refractivity contribution in [2.45, 2.75) is 50.6 Å². The molecule has 154 valence electrons. The Bertz CT molecular complexity index is 984. The van der Waals surface area contributed by atoms with E-state index in [1.807, 2.05) is 32.2 Å². The molecule has 0 bridgehead atoms. The van der Waals surface area contributed by atoms with E-state index in [2.05, 4.69) is 27.3 Å². The first-order chi connectivity index (χ1) is 13.5. The van der Waals surface area contributed by atoms with Gasteiger partial charge < -0.3 is 5.11 Å². The number of thiophene rings is 1. The van der Waals surface area contributed by atoms with Gasteiger partial charge in [0.25, 0.3) is 0 Å². The largest absolute Gasteiger partial charge is 0.480 e. The number of benzene rings is 1. The van der Waals surface area contributed by atoms with Gasteiger partial charge >= 0.3 is 5.97 Å². The van der Waals surface area contributed by atoms with Crippen LogP contribution in [0.1, 0.15) is 43.6 Å². The third kappa shape index (κ3) is 4.09. The molecular weight excluding hydrogens is 479 g/mol. The van der Waals surface area contributed by atoms with E-state index in [1.54, 1.807) is 6.07 Å². The molecule has 1 aliphatic rings. The average molecular weight is 500 g/mol. The van der Waals surface area contributed by atoms with E-state index >= 15 is 4.39 Å². The molecular formula is C21H21BrClFN2O2S. The maximum absolute atomic E-state index is 15.1. The van der Waals surface area contributed by atoms with Gasteiger partial charge in [0.05, 0.1) is 6.07 Å². The molecule has 0 amide bonds. The fourth-order valence-corrected chi connectivity index (χ4v) is 6.06. The summed E-state index contributed by atoms with van der Waals surface area (Å²) in [4.78, 5) is 12.9. The standard InChI is InChI=1S/C21H21BrClFN2O2S/c1-20(2,3)8-16-21(10-25,13-5-4-12(23)7-14(13)24)17(18(26-16)19(27)28)15-6-11(22)9-29-15/h4-7,9,16-18,26H,8H2,1-3H3,(H,27,28)/t16-,17-,18+,21-/m0/s1. The molecule has 0 aliphatic carbocycles. The van der Waals surface area contributed by atoms with E-state index in [0.29, 0.717) is 11.3 Å². The fraction of sp³-hybridized carbons (Fsp3) is 0.429. The minimum atomic E-state index is -1.41. The van der Waals surface area contributed by atoms with E-state index in [0.717, 1.165) is 4.47 Å². The van der Waals surface area contributed by atoms with Gasteiger partial charge in [0, 0.05) is 37.3 Å². The molecule has 0 radical (unpaired) electrons. The predicted octanol–water partition coefficient (Wildman–Crippen LogP) is 5.71. The SMILES string of the molecule is CC(C)(C)C[C@@H]1N[C@@H](C(=O)O)[C@H](c2cc(Br)cs2)[C@@]1(C#N)c1ccc(Cl)cc1F. The number of halogens is 3. The van der Waals surface area contributed by atoms with Crippen LogP contribution in [0.2, 0.25) is 5.02 Å². The van der Waals surface area contributed by atoms with Gasteiger partial charge in [0.2, 0.25) is 0 Å². The van der Waals surface area contributed by atoms with Crippen molar-refractivity contribution in [3.8, 4) is 6.07 Å². The molecule has 1 aliphatic heterocycles. The van der Waals surface area contributed by atoms with E-state index in [-0.39, 0.29) is 16.0 Å². The lowest BCUT2D eigenvalue weighted by molar-refractivity contribution is -0.139. The summed E-state index contributed by atoms with van der Waals surface area (Å²) in [6.07, 6.45) is 0.495. The number of aliphatic carboxylic acids is 1. The van der Waals surface area contributed by atoms with Crippen molar-refractivity contribution in [1.82, 2.24) is 5.32 Å². The van der Waals surface area contributed by atoms with Crippen LogP contribution >= 0.6 is 38.9 Å². The highest BCUT2D eigenvalue weighted by atomic mass is 79.9. The van der Waals surface area contributed by atoms with Crippen molar-refractivity contribution in [1.29, 1.82) is 5.26 Å². The Hall–Kier alpha value is -1.46. The lowest BCUT2D eigenvalue weighted by Gasteiger charge is -2.36. The summed E-state index contributed by atoms with van der Waals surface area (Å²) in [6, 6.07) is 6.81. The third-order valence-corrected chi connectivity index (χ3v) is 7.30. The van der Waals surface area contributed by atoms with Crippen molar-refractivity contribution in [2.75, 3.05) is 0 Å². The van der Waals surface area contributed by atoms with Crippen molar-refractivity contribution in [3.05, 3.63) is 55.4 Å². The van der Waals surface area contributed by atoms with Gasteiger partial charge in [0.1, 0.15) is 17.3 Å². The van der Waals surface area contributed by atoms with Gasteiger partial charge in [-0.05, 0) is 46.0 Å². The summed E-state index contributed by atoms with van der Waals surface area (Å²) in [7, 11) is 0. The summed E-state index contributed by atoms with van der Waals surface area (Å²) in [6.45, 7) is 6.04. The molecule has 8 heteroatoms. The Morgan fingerprint density at radius 2 is 2.14 bits per heavy atom. The summed E-state index contributed by atoms with van der Waals surface area (Å²) in [5, 5.41) is 25.7. The Balaban J connectivity index is 2.31. The molecule has 2 N–H and O–H groups in total. The molecule has 1 aromatic carbocycles. The maximum atomic E-state index is 15.1. The van der Waals surface area contributed by atoms with Crippen LogP contribution in [0.4, 0.5) is 4.39 Å². The van der Waals surface area contributed by atoms with Crippen LogP contribution in [0.25, 0.3) is 0 Å². The van der Waals surface area contributed by atoms with Crippen LogP contribution in [0.5, 0.6) is 0 Å². The third-order valence-electron chi connectivity index (χ3n) is 5.29. The number of nitriles is 1. The molecule has 4 atom stereocenters. The Kier molecular flexibility index (Phi) is 6.13. The molecule has 4 nitrogen and oxygen atoms in total. The quantitative estimate of drug-likeness (QED) is 0.565. The van der Waals surface area contributed by atoms with Gasteiger partial charge in [0.15, 0.2) is 0 Å². The Labute approximate surface area is 186 Å². The number of nitrogens with zero attached hydrogens (tertiary/aromatic N) is 1. The van der Waals surface area contributed by atoms with E-state index < -0.39 is 35.2 Å². The molecule has 29 heavy (non-hydrogen) atoms. The molecule has 2 heterocycles. The summed E-state index contributed by atoms with van der Waals surface area (Å²) >= 11 is 10.7. The lowest BCUT2D eigenvalue weighted by atomic mass is 9.64. The monoisotopic (exact) mass is 498 g/mol. The molecule has 0 spiro atoms.